The SMILES string of the molecule is CC1(C)CCC(C)(C)c2cc(-c3cc4c(cc3N(c3ccccc3)c3ccc(-c5ccc(-c6ccccc6)cc5)cc3)C(c3ccccc3)(c3ccccc3)c3ccccc3-4)ccc21. The van der Waals surface area contributed by atoms with Crippen LogP contribution in [-0.2, 0) is 16.2 Å². The lowest BCUT2D eigenvalue weighted by molar-refractivity contribution is 0.332. The number of nitrogens with zero attached hydrogens (tertiary/aromatic N) is 1. The average molecular weight is 824 g/mol. The van der Waals surface area contributed by atoms with Gasteiger partial charge in [0.25, 0.3) is 0 Å². The molecule has 0 fully saturated rings. The minimum Gasteiger partial charge on any atom is -0.310 e. The van der Waals surface area contributed by atoms with Gasteiger partial charge in [0.05, 0.1) is 11.1 Å². The van der Waals surface area contributed by atoms with Crippen molar-refractivity contribution >= 4 is 17.1 Å². The van der Waals surface area contributed by atoms with Crippen LogP contribution in [0.2, 0.25) is 0 Å². The lowest BCUT2D eigenvalue weighted by atomic mass is 9.63. The number of fused-ring (bicyclic) bond motifs is 4. The third kappa shape index (κ3) is 6.53. The number of para-hydroxylation sites is 1. The van der Waals surface area contributed by atoms with Gasteiger partial charge in [-0.3, -0.25) is 0 Å². The first kappa shape index (κ1) is 39.6. The lowest BCUT2D eigenvalue weighted by Gasteiger charge is -2.42. The summed E-state index contributed by atoms with van der Waals surface area (Å²) in [5.74, 6) is 0. The van der Waals surface area contributed by atoms with E-state index in [9.17, 15) is 0 Å². The van der Waals surface area contributed by atoms with Crippen molar-refractivity contribution in [1.29, 1.82) is 0 Å². The van der Waals surface area contributed by atoms with Crippen molar-refractivity contribution in [3.8, 4) is 44.5 Å². The summed E-state index contributed by atoms with van der Waals surface area (Å²) in [4.78, 5) is 2.50. The molecule has 64 heavy (non-hydrogen) atoms. The molecule has 0 aliphatic heterocycles. The van der Waals surface area contributed by atoms with E-state index in [-0.39, 0.29) is 10.8 Å². The van der Waals surface area contributed by atoms with Crippen LogP contribution in [0, 0.1) is 0 Å². The van der Waals surface area contributed by atoms with Crippen LogP contribution < -0.4 is 4.90 Å². The Morgan fingerprint density at radius 2 is 0.766 bits per heavy atom. The molecule has 310 valence electrons. The van der Waals surface area contributed by atoms with E-state index in [1.807, 2.05) is 0 Å². The highest BCUT2D eigenvalue weighted by Crippen LogP contribution is 2.59. The number of rotatable bonds is 8. The van der Waals surface area contributed by atoms with Crippen LogP contribution in [0.1, 0.15) is 73.9 Å². The molecule has 9 aromatic rings. The van der Waals surface area contributed by atoms with Gasteiger partial charge in [-0.05, 0) is 132 Å². The van der Waals surface area contributed by atoms with Crippen molar-refractivity contribution in [2.75, 3.05) is 4.90 Å². The van der Waals surface area contributed by atoms with Crippen LogP contribution in [0.15, 0.2) is 224 Å². The van der Waals surface area contributed by atoms with Crippen LogP contribution in [0.25, 0.3) is 44.5 Å². The van der Waals surface area contributed by atoms with Crippen molar-refractivity contribution in [2.24, 2.45) is 0 Å². The van der Waals surface area contributed by atoms with Gasteiger partial charge in [0.1, 0.15) is 0 Å². The summed E-state index contributed by atoms with van der Waals surface area (Å²) in [5, 5.41) is 0. The molecule has 11 rings (SSSR count). The third-order valence-electron chi connectivity index (χ3n) is 14.4. The maximum Gasteiger partial charge on any atom is 0.0714 e. The molecule has 0 radical (unpaired) electrons. The van der Waals surface area contributed by atoms with Crippen LogP contribution >= 0.6 is 0 Å². The first-order chi connectivity index (χ1) is 31.2. The van der Waals surface area contributed by atoms with Crippen molar-refractivity contribution in [2.45, 2.75) is 56.8 Å². The molecule has 9 aromatic carbocycles. The molecule has 0 N–H and O–H groups in total. The van der Waals surface area contributed by atoms with E-state index < -0.39 is 5.41 Å². The Bertz CT molecular complexity index is 3070. The quantitative estimate of drug-likeness (QED) is 0.148. The minimum atomic E-state index is -0.540. The van der Waals surface area contributed by atoms with Crippen molar-refractivity contribution in [1.82, 2.24) is 0 Å². The maximum absolute atomic E-state index is 2.54. The Hall–Kier alpha value is -7.22. The normalized spacial score (nSPS) is 15.1. The molecular formula is C63H53N. The first-order valence-electron chi connectivity index (χ1n) is 22.9. The average Bonchev–Trinajstić information content (AvgIpc) is 3.64. The molecule has 0 unspecified atom stereocenters. The lowest BCUT2D eigenvalue weighted by Crippen LogP contribution is -2.33. The summed E-state index contributed by atoms with van der Waals surface area (Å²) in [6.45, 7) is 9.71. The molecule has 1 heteroatoms. The summed E-state index contributed by atoms with van der Waals surface area (Å²) < 4.78 is 0. The van der Waals surface area contributed by atoms with Gasteiger partial charge in [-0.25, -0.2) is 0 Å². The molecule has 0 saturated heterocycles. The summed E-state index contributed by atoms with van der Waals surface area (Å²) in [5.41, 5.74) is 20.9. The highest BCUT2D eigenvalue weighted by atomic mass is 15.1. The van der Waals surface area contributed by atoms with Crippen molar-refractivity contribution < 1.29 is 0 Å². The largest absolute Gasteiger partial charge is 0.310 e. The zero-order chi connectivity index (χ0) is 43.5. The Balaban J connectivity index is 1.17. The zero-order valence-electron chi connectivity index (χ0n) is 37.2. The van der Waals surface area contributed by atoms with Crippen molar-refractivity contribution in [3.63, 3.8) is 0 Å². The highest BCUT2D eigenvalue weighted by Gasteiger charge is 2.47. The van der Waals surface area contributed by atoms with E-state index in [0.717, 1.165) is 23.5 Å². The molecule has 0 saturated carbocycles. The van der Waals surface area contributed by atoms with Gasteiger partial charge >= 0.3 is 0 Å². The number of benzene rings is 9. The van der Waals surface area contributed by atoms with E-state index >= 15 is 0 Å². The second kappa shape index (κ2) is 15.5. The van der Waals surface area contributed by atoms with Crippen LogP contribution in [0.4, 0.5) is 17.1 Å². The number of hydrogen-bond acceptors (Lipinski definition) is 1. The molecule has 2 aliphatic carbocycles. The van der Waals surface area contributed by atoms with Gasteiger partial charge < -0.3 is 4.90 Å². The van der Waals surface area contributed by atoms with Crippen LogP contribution in [0.5, 0.6) is 0 Å². The standard InChI is InChI=1S/C63H53N/c1-61(2)39-40-62(3,4)59-41-48(35-38-57(59)61)54-42-55-53-27-17-18-28-56(53)63(49-21-11-6-12-22-49,50-23-13-7-14-24-50)58(55)43-60(54)64(51-25-15-8-16-26-51)52-36-33-47(34-37-52)46-31-29-45(30-32-46)44-19-9-5-10-20-44/h5-38,41-43H,39-40H2,1-4H3. The van der Waals surface area contributed by atoms with Gasteiger partial charge in [-0.1, -0.05) is 216 Å². The van der Waals surface area contributed by atoms with Gasteiger partial charge in [-0.15, -0.1) is 0 Å². The predicted molar refractivity (Wildman–Crippen MR) is 270 cm³/mol. The smallest absolute Gasteiger partial charge is 0.0714 e. The monoisotopic (exact) mass is 823 g/mol. The van der Waals surface area contributed by atoms with E-state index in [2.05, 4.69) is 257 Å². The molecule has 2 aliphatic rings. The number of anilines is 3. The van der Waals surface area contributed by atoms with E-state index in [1.165, 1.54) is 84.3 Å². The Morgan fingerprint density at radius 1 is 0.312 bits per heavy atom. The topological polar surface area (TPSA) is 3.24 Å². The fourth-order valence-corrected chi connectivity index (χ4v) is 10.9. The molecule has 0 aromatic heterocycles. The fraction of sp³-hybridized carbons (Fsp3) is 0.143. The highest BCUT2D eigenvalue weighted by molar-refractivity contribution is 5.97. The summed E-state index contributed by atoms with van der Waals surface area (Å²) in [6, 6.07) is 83.6. The van der Waals surface area contributed by atoms with Gasteiger partial charge in [0.2, 0.25) is 0 Å². The maximum atomic E-state index is 2.54. The van der Waals surface area contributed by atoms with Crippen molar-refractivity contribution in [3.05, 3.63) is 258 Å². The summed E-state index contributed by atoms with van der Waals surface area (Å²) in [7, 11) is 0. The second-order valence-corrected chi connectivity index (χ2v) is 19.1. The van der Waals surface area contributed by atoms with Gasteiger partial charge in [-0.2, -0.15) is 0 Å². The number of hydrogen-bond donors (Lipinski definition) is 0. The van der Waals surface area contributed by atoms with E-state index in [1.54, 1.807) is 0 Å². The fourth-order valence-electron chi connectivity index (χ4n) is 10.9. The van der Waals surface area contributed by atoms with Gasteiger partial charge in [0, 0.05) is 16.9 Å². The minimum absolute atomic E-state index is 0.0639. The Labute approximate surface area is 379 Å². The van der Waals surface area contributed by atoms with E-state index in [4.69, 9.17) is 0 Å². The molecular weight excluding hydrogens is 771 g/mol. The molecule has 0 heterocycles. The predicted octanol–water partition coefficient (Wildman–Crippen LogP) is 16.9. The molecule has 1 nitrogen and oxygen atoms in total. The second-order valence-electron chi connectivity index (χ2n) is 19.1. The summed E-state index contributed by atoms with van der Waals surface area (Å²) in [6.07, 6.45) is 2.35. The molecule has 0 amide bonds. The first-order valence-corrected chi connectivity index (χ1v) is 22.9. The molecule has 0 bridgehead atoms. The van der Waals surface area contributed by atoms with Crippen LogP contribution in [-0.4, -0.2) is 0 Å². The molecule has 0 spiro atoms. The summed E-state index contributed by atoms with van der Waals surface area (Å²) >= 11 is 0. The zero-order valence-corrected chi connectivity index (χ0v) is 37.2. The van der Waals surface area contributed by atoms with Gasteiger partial charge in [0.15, 0.2) is 0 Å². The Kier molecular flexibility index (Phi) is 9.62. The Morgan fingerprint density at radius 3 is 1.36 bits per heavy atom. The third-order valence-corrected chi connectivity index (χ3v) is 14.4. The van der Waals surface area contributed by atoms with E-state index in [0.29, 0.717) is 0 Å². The molecule has 0 atom stereocenters. The van der Waals surface area contributed by atoms with Crippen LogP contribution in [0.3, 0.4) is 0 Å².